The van der Waals surface area contributed by atoms with Crippen LogP contribution < -0.4 is 10.2 Å². The quantitative estimate of drug-likeness (QED) is 0.766. The Bertz CT molecular complexity index is 941. The van der Waals surface area contributed by atoms with Crippen LogP contribution >= 0.6 is 0 Å². The van der Waals surface area contributed by atoms with Gasteiger partial charge in [-0.05, 0) is 36.1 Å². The lowest BCUT2D eigenvalue weighted by Gasteiger charge is -2.22. The molecule has 1 fully saturated rings. The molecule has 30 heavy (non-hydrogen) atoms. The Balaban J connectivity index is 1.62. The average Bonchev–Trinajstić information content (AvgIpc) is 3.14. The number of hydrogen-bond acceptors (Lipinski definition) is 3. The lowest BCUT2D eigenvalue weighted by Crippen LogP contribution is -2.39. The number of nitrogens with one attached hydrogen (secondary N) is 1. The second-order valence-electron chi connectivity index (χ2n) is 7.64. The van der Waals surface area contributed by atoms with E-state index in [1.165, 1.54) is 4.90 Å². The van der Waals surface area contributed by atoms with Gasteiger partial charge in [0, 0.05) is 31.4 Å². The number of nitrogens with zero attached hydrogens (tertiary/aromatic N) is 2. The Morgan fingerprint density at radius 3 is 2.37 bits per heavy atom. The number of amides is 3. The summed E-state index contributed by atoms with van der Waals surface area (Å²) in [6.45, 7) is 4.37. The van der Waals surface area contributed by atoms with Crippen LogP contribution in [-0.2, 0) is 27.2 Å². The summed E-state index contributed by atoms with van der Waals surface area (Å²) in [6, 6.07) is 15.4. The monoisotopic (exact) mass is 407 g/mol. The third-order valence-electron chi connectivity index (χ3n) is 5.57. The van der Waals surface area contributed by atoms with E-state index in [0.717, 1.165) is 35.3 Å². The molecule has 1 heterocycles. The van der Waals surface area contributed by atoms with Gasteiger partial charge in [0.05, 0.1) is 12.5 Å². The predicted molar refractivity (Wildman–Crippen MR) is 118 cm³/mol. The summed E-state index contributed by atoms with van der Waals surface area (Å²) in [5.74, 6) is -0.921. The number of benzene rings is 2. The van der Waals surface area contributed by atoms with Crippen LogP contribution in [0.1, 0.15) is 31.4 Å². The van der Waals surface area contributed by atoms with Crippen LogP contribution in [0.25, 0.3) is 0 Å². The van der Waals surface area contributed by atoms with Gasteiger partial charge in [-0.25, -0.2) is 0 Å². The minimum atomic E-state index is -0.442. The number of rotatable bonds is 7. The van der Waals surface area contributed by atoms with Crippen LogP contribution in [0.15, 0.2) is 48.5 Å². The summed E-state index contributed by atoms with van der Waals surface area (Å²) in [6.07, 6.45) is 1.80. The van der Waals surface area contributed by atoms with E-state index < -0.39 is 5.92 Å². The Labute approximate surface area is 177 Å². The summed E-state index contributed by atoms with van der Waals surface area (Å²) < 4.78 is 0. The van der Waals surface area contributed by atoms with Crippen molar-refractivity contribution in [2.45, 2.75) is 33.1 Å². The molecule has 1 atom stereocenters. The molecule has 0 aliphatic carbocycles. The molecular formula is C24H29N3O3. The first-order valence-corrected chi connectivity index (χ1v) is 10.5. The van der Waals surface area contributed by atoms with E-state index in [0.29, 0.717) is 6.54 Å². The standard InChI is InChI=1S/C24H29N3O3/c1-4-17-10-6-8-12-20(17)25-22(28)16-26(3)24(30)19-14-23(29)27(15-19)21-13-9-7-11-18(21)5-2/h6-13,19H,4-5,14-16H2,1-3H3,(H,25,28). The van der Waals surface area contributed by atoms with E-state index in [1.807, 2.05) is 62.4 Å². The molecule has 0 aromatic heterocycles. The number of anilines is 2. The van der Waals surface area contributed by atoms with Gasteiger partial charge in [-0.2, -0.15) is 0 Å². The van der Waals surface area contributed by atoms with E-state index in [2.05, 4.69) is 5.32 Å². The van der Waals surface area contributed by atoms with Crippen molar-refractivity contribution >= 4 is 29.1 Å². The summed E-state index contributed by atoms with van der Waals surface area (Å²) in [4.78, 5) is 41.1. The van der Waals surface area contributed by atoms with Gasteiger partial charge in [0.2, 0.25) is 17.7 Å². The predicted octanol–water partition coefficient (Wildman–Crippen LogP) is 3.26. The van der Waals surface area contributed by atoms with Crippen molar-refractivity contribution in [3.05, 3.63) is 59.7 Å². The minimum absolute atomic E-state index is 0.0485. The first-order chi connectivity index (χ1) is 14.4. The first-order valence-electron chi connectivity index (χ1n) is 10.5. The van der Waals surface area contributed by atoms with Gasteiger partial charge in [0.25, 0.3) is 0 Å². The fourth-order valence-electron chi connectivity index (χ4n) is 3.92. The molecule has 1 unspecified atom stereocenters. The van der Waals surface area contributed by atoms with Crippen molar-refractivity contribution in [3.8, 4) is 0 Å². The Hall–Kier alpha value is -3.15. The fraction of sp³-hybridized carbons (Fsp3) is 0.375. The summed E-state index contributed by atoms with van der Waals surface area (Å²) in [7, 11) is 1.61. The molecule has 0 saturated carbocycles. The number of aryl methyl sites for hydroxylation is 2. The maximum Gasteiger partial charge on any atom is 0.243 e. The molecule has 2 aromatic carbocycles. The van der Waals surface area contributed by atoms with Crippen LogP contribution in [0.2, 0.25) is 0 Å². The van der Waals surface area contributed by atoms with E-state index >= 15 is 0 Å². The highest BCUT2D eigenvalue weighted by Crippen LogP contribution is 2.29. The van der Waals surface area contributed by atoms with Crippen LogP contribution in [0.4, 0.5) is 11.4 Å². The SMILES string of the molecule is CCc1ccccc1NC(=O)CN(C)C(=O)C1CC(=O)N(c2ccccc2CC)C1. The molecule has 6 heteroatoms. The van der Waals surface area contributed by atoms with Crippen molar-refractivity contribution in [2.75, 3.05) is 30.4 Å². The summed E-state index contributed by atoms with van der Waals surface area (Å²) in [5.41, 5.74) is 3.77. The second-order valence-corrected chi connectivity index (χ2v) is 7.64. The number of para-hydroxylation sites is 2. The minimum Gasteiger partial charge on any atom is -0.336 e. The van der Waals surface area contributed by atoms with E-state index in [1.54, 1.807) is 11.9 Å². The Morgan fingerprint density at radius 2 is 1.67 bits per heavy atom. The van der Waals surface area contributed by atoms with Gasteiger partial charge in [-0.1, -0.05) is 50.2 Å². The van der Waals surface area contributed by atoms with Gasteiger partial charge >= 0.3 is 0 Å². The third kappa shape index (κ3) is 4.70. The van der Waals surface area contributed by atoms with Gasteiger partial charge in [0.15, 0.2) is 0 Å². The van der Waals surface area contributed by atoms with Crippen LogP contribution in [0, 0.1) is 5.92 Å². The lowest BCUT2D eigenvalue weighted by molar-refractivity contribution is -0.137. The third-order valence-corrected chi connectivity index (χ3v) is 5.57. The number of carbonyl (C=O) groups is 3. The van der Waals surface area contributed by atoms with E-state index in [9.17, 15) is 14.4 Å². The van der Waals surface area contributed by atoms with E-state index in [-0.39, 0.29) is 30.7 Å². The zero-order valence-electron chi connectivity index (χ0n) is 17.9. The van der Waals surface area contributed by atoms with Gasteiger partial charge < -0.3 is 15.1 Å². The lowest BCUT2D eigenvalue weighted by atomic mass is 10.1. The summed E-state index contributed by atoms with van der Waals surface area (Å²) in [5, 5.41) is 2.89. The molecular weight excluding hydrogens is 378 g/mol. The van der Waals surface area contributed by atoms with Crippen molar-refractivity contribution in [1.29, 1.82) is 0 Å². The molecule has 0 radical (unpaired) electrons. The van der Waals surface area contributed by atoms with Crippen LogP contribution in [0.3, 0.4) is 0 Å². The molecule has 3 rings (SSSR count). The highest BCUT2D eigenvalue weighted by molar-refractivity contribution is 6.02. The smallest absolute Gasteiger partial charge is 0.243 e. The average molecular weight is 408 g/mol. The number of carbonyl (C=O) groups excluding carboxylic acids is 3. The van der Waals surface area contributed by atoms with Crippen molar-refractivity contribution in [3.63, 3.8) is 0 Å². The molecule has 1 aliphatic rings. The zero-order valence-corrected chi connectivity index (χ0v) is 17.9. The highest BCUT2D eigenvalue weighted by atomic mass is 16.2. The normalized spacial score (nSPS) is 15.9. The first kappa shape index (κ1) is 21.6. The molecule has 3 amide bonds. The largest absolute Gasteiger partial charge is 0.336 e. The van der Waals surface area contributed by atoms with Gasteiger partial charge in [0.1, 0.15) is 0 Å². The molecule has 0 bridgehead atoms. The molecule has 158 valence electrons. The Morgan fingerprint density at radius 1 is 1.03 bits per heavy atom. The van der Waals surface area contributed by atoms with Crippen LogP contribution in [-0.4, -0.2) is 42.8 Å². The maximum atomic E-state index is 12.9. The molecule has 6 nitrogen and oxygen atoms in total. The molecule has 0 spiro atoms. The van der Waals surface area contributed by atoms with Crippen molar-refractivity contribution in [2.24, 2.45) is 5.92 Å². The van der Waals surface area contributed by atoms with Gasteiger partial charge in [-0.3, -0.25) is 14.4 Å². The van der Waals surface area contributed by atoms with Crippen molar-refractivity contribution < 1.29 is 14.4 Å². The fourth-order valence-corrected chi connectivity index (χ4v) is 3.92. The molecule has 1 N–H and O–H groups in total. The topological polar surface area (TPSA) is 69.7 Å². The number of likely N-dealkylation sites (N-methyl/N-ethyl adjacent to an activating group) is 1. The Kier molecular flexibility index (Phi) is 6.87. The number of hydrogen-bond donors (Lipinski definition) is 1. The molecule has 1 aliphatic heterocycles. The summed E-state index contributed by atoms with van der Waals surface area (Å²) >= 11 is 0. The molecule has 2 aromatic rings. The van der Waals surface area contributed by atoms with E-state index in [4.69, 9.17) is 0 Å². The van der Waals surface area contributed by atoms with Crippen molar-refractivity contribution in [1.82, 2.24) is 4.90 Å². The highest BCUT2D eigenvalue weighted by Gasteiger charge is 2.37. The second kappa shape index (κ2) is 9.57. The molecule has 1 saturated heterocycles. The maximum absolute atomic E-state index is 12.9. The zero-order chi connectivity index (χ0) is 21.7. The van der Waals surface area contributed by atoms with Crippen LogP contribution in [0.5, 0.6) is 0 Å². The van der Waals surface area contributed by atoms with Gasteiger partial charge in [-0.15, -0.1) is 0 Å².